The number of sulfonamides is 1. The summed E-state index contributed by atoms with van der Waals surface area (Å²) >= 11 is 0. The van der Waals surface area contributed by atoms with Crippen LogP contribution in [0.2, 0.25) is 0 Å². The third-order valence-electron chi connectivity index (χ3n) is 3.90. The van der Waals surface area contributed by atoms with Crippen LogP contribution in [0.4, 0.5) is 11.4 Å². The van der Waals surface area contributed by atoms with Crippen molar-refractivity contribution in [3.63, 3.8) is 0 Å². The highest BCUT2D eigenvalue weighted by atomic mass is 32.2. The molecule has 0 radical (unpaired) electrons. The van der Waals surface area contributed by atoms with Gasteiger partial charge in [-0.3, -0.25) is 9.52 Å². The van der Waals surface area contributed by atoms with E-state index in [0.717, 1.165) is 5.56 Å². The monoisotopic (exact) mass is 370 g/mol. The summed E-state index contributed by atoms with van der Waals surface area (Å²) in [6, 6.07) is 14.7. The second-order valence-electron chi connectivity index (χ2n) is 5.97. The maximum absolute atomic E-state index is 12.7. The number of phenolic OH excluding ortho intramolecular Hbond substituents is 1. The number of fused-ring (bicyclic) bond motifs is 1. The molecular weight excluding hydrogens is 352 g/mol. The first kappa shape index (κ1) is 17.8. The Morgan fingerprint density at radius 2 is 1.58 bits per heavy atom. The topological polar surface area (TPSA) is 95.5 Å². The van der Waals surface area contributed by atoms with Gasteiger partial charge in [0.15, 0.2) is 0 Å². The van der Waals surface area contributed by atoms with Crippen LogP contribution in [0.25, 0.3) is 10.8 Å². The highest BCUT2D eigenvalue weighted by Crippen LogP contribution is 2.38. The van der Waals surface area contributed by atoms with Crippen molar-refractivity contribution in [2.75, 3.05) is 10.0 Å². The van der Waals surface area contributed by atoms with Crippen molar-refractivity contribution in [1.29, 1.82) is 0 Å². The Morgan fingerprint density at radius 3 is 2.19 bits per heavy atom. The zero-order valence-corrected chi connectivity index (χ0v) is 15.1. The van der Waals surface area contributed by atoms with Crippen LogP contribution in [0.1, 0.15) is 12.5 Å². The zero-order chi connectivity index (χ0) is 18.9. The third kappa shape index (κ3) is 3.48. The smallest absolute Gasteiger partial charge is 0.261 e. The maximum atomic E-state index is 12.7. The number of carbonyl (C=O) groups is 1. The second-order valence-corrected chi connectivity index (χ2v) is 7.65. The van der Waals surface area contributed by atoms with Gasteiger partial charge in [0.1, 0.15) is 5.75 Å². The highest BCUT2D eigenvalue weighted by Gasteiger charge is 2.18. The van der Waals surface area contributed by atoms with E-state index in [1.807, 2.05) is 6.92 Å². The predicted octanol–water partition coefficient (Wildman–Crippen LogP) is 3.61. The largest absolute Gasteiger partial charge is 0.505 e. The van der Waals surface area contributed by atoms with Gasteiger partial charge in [-0.2, -0.15) is 0 Å². The maximum Gasteiger partial charge on any atom is 0.261 e. The van der Waals surface area contributed by atoms with Crippen LogP contribution in [-0.2, 0) is 14.8 Å². The number of aryl methyl sites for hydroxylation is 1. The van der Waals surface area contributed by atoms with E-state index in [1.54, 1.807) is 36.4 Å². The summed E-state index contributed by atoms with van der Waals surface area (Å²) < 4.78 is 28.0. The van der Waals surface area contributed by atoms with Crippen molar-refractivity contribution in [1.82, 2.24) is 0 Å². The Balaban J connectivity index is 2.13. The molecule has 3 aromatic carbocycles. The molecule has 0 aromatic heterocycles. The summed E-state index contributed by atoms with van der Waals surface area (Å²) in [5.41, 5.74) is 1.35. The van der Waals surface area contributed by atoms with E-state index < -0.39 is 10.0 Å². The molecule has 0 aliphatic carbocycles. The number of nitrogens with one attached hydrogen (secondary N) is 2. The van der Waals surface area contributed by atoms with E-state index in [2.05, 4.69) is 10.0 Å². The van der Waals surface area contributed by atoms with Gasteiger partial charge in [0, 0.05) is 17.7 Å². The number of phenols is 1. The van der Waals surface area contributed by atoms with Crippen LogP contribution < -0.4 is 10.0 Å². The van der Waals surface area contributed by atoms with Crippen molar-refractivity contribution >= 4 is 38.1 Å². The number of benzene rings is 3. The molecule has 6 nitrogen and oxygen atoms in total. The number of carbonyl (C=O) groups excluding carboxylic acids is 1. The molecule has 0 aliphatic heterocycles. The summed E-state index contributed by atoms with van der Waals surface area (Å²) in [5.74, 6) is -0.489. The summed E-state index contributed by atoms with van der Waals surface area (Å²) in [7, 11) is -3.82. The molecule has 0 unspecified atom stereocenters. The van der Waals surface area contributed by atoms with Gasteiger partial charge in [-0.05, 0) is 25.1 Å². The average Bonchev–Trinajstić information content (AvgIpc) is 2.59. The number of hydrogen-bond donors (Lipinski definition) is 3. The first-order chi connectivity index (χ1) is 12.3. The SMILES string of the molecule is CC(=O)Nc1cc(NS(=O)(=O)c2ccc(C)cc2)c2ccccc2c1O. The minimum Gasteiger partial charge on any atom is -0.505 e. The van der Waals surface area contributed by atoms with Gasteiger partial charge in [-0.15, -0.1) is 0 Å². The Morgan fingerprint density at radius 1 is 0.962 bits per heavy atom. The van der Waals surface area contributed by atoms with Gasteiger partial charge >= 0.3 is 0 Å². The molecule has 7 heteroatoms. The number of anilines is 2. The van der Waals surface area contributed by atoms with E-state index >= 15 is 0 Å². The highest BCUT2D eigenvalue weighted by molar-refractivity contribution is 7.92. The lowest BCUT2D eigenvalue weighted by Crippen LogP contribution is -2.14. The number of aromatic hydroxyl groups is 1. The van der Waals surface area contributed by atoms with E-state index in [0.29, 0.717) is 10.8 Å². The molecule has 0 saturated carbocycles. The van der Waals surface area contributed by atoms with Gasteiger partial charge in [-0.1, -0.05) is 42.0 Å². The molecule has 0 atom stereocenters. The summed E-state index contributed by atoms with van der Waals surface area (Å²) in [6.45, 7) is 3.18. The van der Waals surface area contributed by atoms with Crippen LogP contribution in [-0.4, -0.2) is 19.4 Å². The summed E-state index contributed by atoms with van der Waals surface area (Å²) in [5, 5.41) is 13.8. The van der Waals surface area contributed by atoms with Crippen LogP contribution in [0.5, 0.6) is 5.75 Å². The fraction of sp³-hybridized carbons (Fsp3) is 0.105. The number of hydrogen-bond acceptors (Lipinski definition) is 4. The Hall–Kier alpha value is -3.06. The van der Waals surface area contributed by atoms with Crippen molar-refractivity contribution in [2.45, 2.75) is 18.7 Å². The van der Waals surface area contributed by atoms with Crippen LogP contribution in [0, 0.1) is 6.92 Å². The van der Waals surface area contributed by atoms with Crippen molar-refractivity contribution in [2.24, 2.45) is 0 Å². The Labute approximate surface area is 151 Å². The van der Waals surface area contributed by atoms with Gasteiger partial charge in [-0.25, -0.2) is 8.42 Å². The lowest BCUT2D eigenvalue weighted by molar-refractivity contribution is -0.114. The minimum atomic E-state index is -3.82. The van der Waals surface area contributed by atoms with E-state index in [1.165, 1.54) is 25.1 Å². The molecule has 1 amide bonds. The molecule has 0 fully saturated rings. The fourth-order valence-electron chi connectivity index (χ4n) is 2.65. The third-order valence-corrected chi connectivity index (χ3v) is 5.28. The minimum absolute atomic E-state index is 0.117. The van der Waals surface area contributed by atoms with Crippen molar-refractivity contribution < 1.29 is 18.3 Å². The zero-order valence-electron chi connectivity index (χ0n) is 14.3. The average molecular weight is 370 g/mol. The molecule has 3 rings (SSSR count). The quantitative estimate of drug-likeness (QED) is 0.483. The first-order valence-electron chi connectivity index (χ1n) is 7.90. The molecule has 0 bridgehead atoms. The Bertz CT molecular complexity index is 1090. The van der Waals surface area contributed by atoms with Crippen LogP contribution in [0.15, 0.2) is 59.5 Å². The molecule has 0 heterocycles. The summed E-state index contributed by atoms with van der Waals surface area (Å²) in [6.07, 6.45) is 0. The van der Waals surface area contributed by atoms with Crippen molar-refractivity contribution in [3.8, 4) is 5.75 Å². The van der Waals surface area contributed by atoms with Gasteiger partial charge in [0.25, 0.3) is 10.0 Å². The molecule has 0 spiro atoms. The Kier molecular flexibility index (Phi) is 4.56. The first-order valence-corrected chi connectivity index (χ1v) is 9.38. The fourth-order valence-corrected chi connectivity index (χ4v) is 3.72. The molecular formula is C19H18N2O4S. The molecule has 134 valence electrons. The summed E-state index contributed by atoms with van der Waals surface area (Å²) in [4.78, 5) is 11.5. The molecule has 3 aromatic rings. The van der Waals surface area contributed by atoms with Gasteiger partial charge in [0.2, 0.25) is 5.91 Å². The lowest BCUT2D eigenvalue weighted by Gasteiger charge is -2.15. The number of amides is 1. The van der Waals surface area contributed by atoms with Crippen molar-refractivity contribution in [3.05, 3.63) is 60.2 Å². The predicted molar refractivity (Wildman–Crippen MR) is 102 cm³/mol. The van der Waals surface area contributed by atoms with Gasteiger partial charge < -0.3 is 10.4 Å². The standard InChI is InChI=1S/C19H18N2O4S/c1-12-7-9-14(10-8-12)26(24,25)21-17-11-18(20-13(2)22)19(23)16-6-4-3-5-15(16)17/h3-11,21,23H,1-2H3,(H,20,22). The molecule has 0 saturated heterocycles. The lowest BCUT2D eigenvalue weighted by atomic mass is 10.1. The number of rotatable bonds is 4. The normalized spacial score (nSPS) is 11.3. The molecule has 26 heavy (non-hydrogen) atoms. The molecule has 3 N–H and O–H groups in total. The van der Waals surface area contributed by atoms with Crippen LogP contribution >= 0.6 is 0 Å². The van der Waals surface area contributed by atoms with E-state index in [-0.39, 0.29) is 27.9 Å². The van der Waals surface area contributed by atoms with Crippen LogP contribution in [0.3, 0.4) is 0 Å². The van der Waals surface area contributed by atoms with E-state index in [9.17, 15) is 18.3 Å². The van der Waals surface area contributed by atoms with Gasteiger partial charge in [0.05, 0.1) is 16.3 Å². The van der Waals surface area contributed by atoms with E-state index in [4.69, 9.17) is 0 Å². The molecule has 0 aliphatic rings. The second kappa shape index (κ2) is 6.68.